The number of benzene rings is 1. The second-order valence-electron chi connectivity index (χ2n) is 1.92. The van der Waals surface area contributed by atoms with Crippen molar-refractivity contribution in [2.45, 2.75) is 4.94 Å². The number of hydrogen-bond acceptors (Lipinski definition) is 1. The third-order valence-electron chi connectivity index (χ3n) is 1.18. The van der Waals surface area contributed by atoms with Crippen molar-refractivity contribution in [1.82, 2.24) is 0 Å². The van der Waals surface area contributed by atoms with Crippen LogP contribution in [0.5, 0.6) is 0 Å². The van der Waals surface area contributed by atoms with Crippen LogP contribution < -0.4 is 3.58 Å². The van der Waals surface area contributed by atoms with Gasteiger partial charge in [0.15, 0.2) is 0 Å². The molecule has 0 aliphatic heterocycles. The van der Waals surface area contributed by atoms with E-state index in [4.69, 9.17) is 0 Å². The molecule has 0 aliphatic rings. The molecule has 0 unspecified atom stereocenters. The van der Waals surface area contributed by atoms with Crippen molar-refractivity contribution in [2.24, 2.45) is 0 Å². The van der Waals surface area contributed by atoms with E-state index in [2.05, 4.69) is 0 Å². The van der Waals surface area contributed by atoms with E-state index in [0.29, 0.717) is 0 Å². The molecule has 0 saturated carbocycles. The Balaban J connectivity index is 2.98. The molecule has 0 amide bonds. The Bertz CT molecular complexity index is 205. The SMILES string of the molecule is [CH3][Sn](=[O])[c]1ccccc1. The van der Waals surface area contributed by atoms with Crippen LogP contribution in [0.15, 0.2) is 30.3 Å². The van der Waals surface area contributed by atoms with E-state index >= 15 is 0 Å². The Labute approximate surface area is 61.8 Å². The molecule has 2 heteroatoms. The summed E-state index contributed by atoms with van der Waals surface area (Å²) in [6, 6.07) is 9.66. The van der Waals surface area contributed by atoms with Gasteiger partial charge in [0.25, 0.3) is 0 Å². The first-order valence-electron chi connectivity index (χ1n) is 2.86. The molecule has 0 fully saturated rings. The molecule has 0 aromatic heterocycles. The summed E-state index contributed by atoms with van der Waals surface area (Å²) in [6.45, 7) is 0. The normalized spacial score (nSPS) is 9.00. The maximum atomic E-state index is 10.9. The predicted molar refractivity (Wildman–Crippen MR) is 38.4 cm³/mol. The van der Waals surface area contributed by atoms with Gasteiger partial charge in [-0.05, 0) is 0 Å². The summed E-state index contributed by atoms with van der Waals surface area (Å²) in [6.07, 6.45) is 0. The first kappa shape index (κ1) is 6.93. The van der Waals surface area contributed by atoms with E-state index in [-0.39, 0.29) is 0 Å². The molecule has 0 N–H and O–H groups in total. The summed E-state index contributed by atoms with van der Waals surface area (Å²) in [5.74, 6) is 0. The Morgan fingerprint density at radius 1 is 1.22 bits per heavy atom. The molecule has 0 radical (unpaired) electrons. The summed E-state index contributed by atoms with van der Waals surface area (Å²) in [4.78, 5) is 1.84. The summed E-state index contributed by atoms with van der Waals surface area (Å²) < 4.78 is 12.0. The van der Waals surface area contributed by atoms with Gasteiger partial charge in [0.05, 0.1) is 0 Å². The van der Waals surface area contributed by atoms with E-state index < -0.39 is 19.7 Å². The van der Waals surface area contributed by atoms with Crippen LogP contribution in [0.2, 0.25) is 4.94 Å². The van der Waals surface area contributed by atoms with Crippen molar-refractivity contribution in [2.75, 3.05) is 0 Å². The standard InChI is InChI=1S/C6H5.CH3.O.Sn/c1-2-4-6-5-3-1;;;/h1-5H;1H3;;. The minimum atomic E-state index is -2.27. The fourth-order valence-electron chi connectivity index (χ4n) is 0.673. The van der Waals surface area contributed by atoms with Gasteiger partial charge in [-0.25, -0.2) is 0 Å². The molecular formula is C7H8OSn. The molecule has 0 saturated heterocycles. The molecule has 0 aliphatic carbocycles. The van der Waals surface area contributed by atoms with Crippen LogP contribution in [-0.4, -0.2) is 19.7 Å². The van der Waals surface area contributed by atoms with E-state index in [1.54, 1.807) is 0 Å². The van der Waals surface area contributed by atoms with Gasteiger partial charge in [-0.1, -0.05) is 0 Å². The molecule has 1 aromatic carbocycles. The average Bonchev–Trinajstić information content (AvgIpc) is 1.90. The van der Waals surface area contributed by atoms with Gasteiger partial charge >= 0.3 is 61.7 Å². The summed E-state index contributed by atoms with van der Waals surface area (Å²) in [7, 11) is 0. The van der Waals surface area contributed by atoms with Gasteiger partial charge in [0.2, 0.25) is 0 Å². The average molecular weight is 227 g/mol. The Hall–Kier alpha value is -0.181. The van der Waals surface area contributed by atoms with Gasteiger partial charge in [-0.15, -0.1) is 0 Å². The van der Waals surface area contributed by atoms with Gasteiger partial charge in [-0.3, -0.25) is 0 Å². The van der Waals surface area contributed by atoms with E-state index in [1.165, 1.54) is 0 Å². The molecule has 1 aromatic rings. The topological polar surface area (TPSA) is 17.1 Å². The van der Waals surface area contributed by atoms with Crippen LogP contribution in [0, 0.1) is 0 Å². The molecule has 46 valence electrons. The zero-order valence-corrected chi connectivity index (χ0v) is 8.15. The Morgan fingerprint density at radius 3 is 2.11 bits per heavy atom. The Morgan fingerprint density at radius 2 is 1.78 bits per heavy atom. The molecule has 0 spiro atoms. The van der Waals surface area contributed by atoms with Crippen LogP contribution >= 0.6 is 0 Å². The molecule has 1 nitrogen and oxygen atoms in total. The Kier molecular flexibility index (Phi) is 2.39. The van der Waals surface area contributed by atoms with E-state index in [0.717, 1.165) is 3.58 Å². The zero-order valence-electron chi connectivity index (χ0n) is 5.29. The summed E-state index contributed by atoms with van der Waals surface area (Å²) in [5.41, 5.74) is 0. The van der Waals surface area contributed by atoms with Gasteiger partial charge in [0, 0.05) is 0 Å². The zero-order chi connectivity index (χ0) is 6.69. The van der Waals surface area contributed by atoms with Crippen molar-refractivity contribution in [3.05, 3.63) is 30.3 Å². The second-order valence-corrected chi connectivity index (χ2v) is 6.74. The number of rotatable bonds is 1. The third-order valence-corrected chi connectivity index (χ3v) is 4.45. The quantitative estimate of drug-likeness (QED) is 0.652. The van der Waals surface area contributed by atoms with Crippen LogP contribution in [0.25, 0.3) is 0 Å². The van der Waals surface area contributed by atoms with Crippen molar-refractivity contribution in [3.8, 4) is 0 Å². The molecule has 0 bridgehead atoms. The van der Waals surface area contributed by atoms with Crippen molar-refractivity contribution in [1.29, 1.82) is 0 Å². The third kappa shape index (κ3) is 1.90. The van der Waals surface area contributed by atoms with Crippen molar-refractivity contribution in [3.63, 3.8) is 0 Å². The van der Waals surface area contributed by atoms with Crippen molar-refractivity contribution >= 4 is 23.3 Å². The minimum absolute atomic E-state index is 1.06. The molecular weight excluding hydrogens is 219 g/mol. The second kappa shape index (κ2) is 3.11. The number of hydrogen-bond donors (Lipinski definition) is 0. The van der Waals surface area contributed by atoms with Crippen LogP contribution in [-0.2, 0) is 3.08 Å². The first-order valence-corrected chi connectivity index (χ1v) is 8.31. The monoisotopic (exact) mass is 228 g/mol. The molecule has 1 rings (SSSR count). The molecule has 0 atom stereocenters. The van der Waals surface area contributed by atoms with E-state index in [1.807, 2.05) is 35.3 Å². The predicted octanol–water partition coefficient (Wildman–Crippen LogP) is 0.945. The van der Waals surface area contributed by atoms with E-state index in [9.17, 15) is 3.08 Å². The van der Waals surface area contributed by atoms with Gasteiger partial charge < -0.3 is 0 Å². The fraction of sp³-hybridized carbons (Fsp3) is 0.143. The summed E-state index contributed by atoms with van der Waals surface area (Å²) in [5, 5.41) is 0. The summed E-state index contributed by atoms with van der Waals surface area (Å²) >= 11 is -2.27. The first-order chi connectivity index (χ1) is 4.30. The molecule has 9 heavy (non-hydrogen) atoms. The fourth-order valence-corrected chi connectivity index (χ4v) is 2.56. The van der Waals surface area contributed by atoms with Crippen molar-refractivity contribution < 1.29 is 3.08 Å². The van der Waals surface area contributed by atoms with Gasteiger partial charge in [0.1, 0.15) is 0 Å². The van der Waals surface area contributed by atoms with Crippen LogP contribution in [0.1, 0.15) is 0 Å². The van der Waals surface area contributed by atoms with Crippen LogP contribution in [0.4, 0.5) is 0 Å². The van der Waals surface area contributed by atoms with Crippen LogP contribution in [0.3, 0.4) is 0 Å². The molecule has 0 heterocycles. The van der Waals surface area contributed by atoms with Gasteiger partial charge in [-0.2, -0.15) is 0 Å². The maximum absolute atomic E-state index is 10.9.